The van der Waals surface area contributed by atoms with Gasteiger partial charge in [0.2, 0.25) is 0 Å². The second-order valence-electron chi connectivity index (χ2n) is 7.25. The van der Waals surface area contributed by atoms with Crippen molar-refractivity contribution >= 4 is 23.5 Å². The van der Waals surface area contributed by atoms with Gasteiger partial charge in [-0.2, -0.15) is 0 Å². The monoisotopic (exact) mass is 428 g/mol. The molecule has 6 nitrogen and oxygen atoms in total. The molecule has 32 heavy (non-hydrogen) atoms. The first-order valence-corrected chi connectivity index (χ1v) is 10.1. The van der Waals surface area contributed by atoms with Crippen LogP contribution in [0, 0.1) is 6.92 Å². The Labute approximate surface area is 187 Å². The van der Waals surface area contributed by atoms with Crippen LogP contribution in [0.2, 0.25) is 0 Å². The lowest BCUT2D eigenvalue weighted by atomic mass is 10.1. The molecule has 0 radical (unpaired) electrons. The highest BCUT2D eigenvalue weighted by atomic mass is 16.5. The lowest BCUT2D eigenvalue weighted by molar-refractivity contribution is -0.113. The Morgan fingerprint density at radius 1 is 0.844 bits per heavy atom. The molecule has 0 spiro atoms. The van der Waals surface area contributed by atoms with Crippen LogP contribution in [0.3, 0.4) is 0 Å². The SMILES string of the molecule is COc1ccc(/C=C2/N=C(c3ccccc3OC)N(c3cccc(C)c3)C2=O)c(OC)c1. The van der Waals surface area contributed by atoms with Crippen molar-refractivity contribution < 1.29 is 19.0 Å². The Balaban J connectivity index is 1.87. The Morgan fingerprint density at radius 3 is 2.34 bits per heavy atom. The van der Waals surface area contributed by atoms with Gasteiger partial charge in [0.15, 0.2) is 5.84 Å². The molecule has 6 heteroatoms. The molecule has 0 bridgehead atoms. The average molecular weight is 428 g/mol. The highest BCUT2D eigenvalue weighted by Gasteiger charge is 2.34. The maximum atomic E-state index is 13.6. The summed E-state index contributed by atoms with van der Waals surface area (Å²) in [4.78, 5) is 19.9. The molecule has 3 aromatic rings. The Hall–Kier alpha value is -4.06. The summed E-state index contributed by atoms with van der Waals surface area (Å²) in [5, 5.41) is 0. The van der Waals surface area contributed by atoms with Crippen molar-refractivity contribution in [3.05, 3.63) is 89.1 Å². The molecule has 0 atom stereocenters. The van der Waals surface area contributed by atoms with Crippen LogP contribution >= 0.6 is 0 Å². The largest absolute Gasteiger partial charge is 0.497 e. The third kappa shape index (κ3) is 3.95. The minimum absolute atomic E-state index is 0.227. The van der Waals surface area contributed by atoms with E-state index in [1.807, 2.05) is 67.6 Å². The van der Waals surface area contributed by atoms with Gasteiger partial charge in [0.1, 0.15) is 22.9 Å². The van der Waals surface area contributed by atoms with E-state index in [1.165, 1.54) is 0 Å². The number of hydrogen-bond donors (Lipinski definition) is 0. The van der Waals surface area contributed by atoms with E-state index < -0.39 is 0 Å². The van der Waals surface area contributed by atoms with Crippen molar-refractivity contribution in [3.63, 3.8) is 0 Å². The zero-order valence-corrected chi connectivity index (χ0v) is 18.5. The molecule has 0 fully saturated rings. The number of ether oxygens (including phenoxy) is 3. The summed E-state index contributed by atoms with van der Waals surface area (Å²) in [6.45, 7) is 1.99. The maximum absolute atomic E-state index is 13.6. The molecule has 0 aliphatic carbocycles. The molecule has 3 aromatic carbocycles. The number of anilines is 1. The molecule has 1 amide bonds. The van der Waals surface area contributed by atoms with E-state index in [0.717, 1.165) is 22.4 Å². The predicted octanol–water partition coefficient (Wildman–Crippen LogP) is 4.86. The topological polar surface area (TPSA) is 60.4 Å². The third-order valence-electron chi connectivity index (χ3n) is 5.20. The summed E-state index contributed by atoms with van der Waals surface area (Å²) >= 11 is 0. The minimum atomic E-state index is -0.227. The molecular formula is C26H24N2O4. The van der Waals surface area contributed by atoms with Gasteiger partial charge in [0.05, 0.1) is 32.6 Å². The van der Waals surface area contributed by atoms with Gasteiger partial charge in [-0.15, -0.1) is 0 Å². The molecule has 0 unspecified atom stereocenters. The Morgan fingerprint density at radius 2 is 1.62 bits per heavy atom. The number of amides is 1. The number of methoxy groups -OCH3 is 3. The van der Waals surface area contributed by atoms with Crippen LogP contribution in [0.25, 0.3) is 6.08 Å². The molecule has 0 saturated carbocycles. The van der Waals surface area contributed by atoms with E-state index >= 15 is 0 Å². The first-order chi connectivity index (χ1) is 15.5. The summed E-state index contributed by atoms with van der Waals surface area (Å²) < 4.78 is 16.3. The fraction of sp³-hybridized carbons (Fsp3) is 0.154. The van der Waals surface area contributed by atoms with Gasteiger partial charge >= 0.3 is 0 Å². The highest BCUT2D eigenvalue weighted by Crippen LogP contribution is 2.33. The summed E-state index contributed by atoms with van der Waals surface area (Å²) in [5.74, 6) is 2.18. The van der Waals surface area contributed by atoms with Gasteiger partial charge in [-0.05, 0) is 55.0 Å². The second-order valence-corrected chi connectivity index (χ2v) is 7.25. The molecule has 162 valence electrons. The van der Waals surface area contributed by atoms with Gasteiger partial charge < -0.3 is 14.2 Å². The predicted molar refractivity (Wildman–Crippen MR) is 126 cm³/mol. The fourth-order valence-corrected chi connectivity index (χ4v) is 3.62. The van der Waals surface area contributed by atoms with Crippen molar-refractivity contribution in [1.82, 2.24) is 0 Å². The van der Waals surface area contributed by atoms with Crippen LogP contribution in [-0.2, 0) is 4.79 Å². The number of rotatable bonds is 6. The van der Waals surface area contributed by atoms with Crippen LogP contribution in [0.1, 0.15) is 16.7 Å². The van der Waals surface area contributed by atoms with Crippen LogP contribution in [-0.4, -0.2) is 33.1 Å². The normalized spacial score (nSPS) is 14.5. The number of hydrogen-bond acceptors (Lipinski definition) is 5. The molecule has 1 heterocycles. The van der Waals surface area contributed by atoms with Gasteiger partial charge in [0, 0.05) is 11.6 Å². The standard InChI is InChI=1S/C26H24N2O4/c1-17-8-7-9-19(14-17)28-25(21-10-5-6-11-23(21)31-3)27-22(26(28)29)15-18-12-13-20(30-2)16-24(18)32-4/h5-16H,1-4H3/b22-15+. The number of nitrogens with zero attached hydrogens (tertiary/aromatic N) is 2. The lowest BCUT2D eigenvalue weighted by Gasteiger charge is -2.20. The fourth-order valence-electron chi connectivity index (χ4n) is 3.62. The number of benzene rings is 3. The molecule has 0 N–H and O–H groups in total. The van der Waals surface area contributed by atoms with Crippen LogP contribution in [0.5, 0.6) is 17.2 Å². The first-order valence-electron chi connectivity index (χ1n) is 10.1. The number of carbonyl (C=O) groups is 1. The van der Waals surface area contributed by atoms with Crippen molar-refractivity contribution in [2.45, 2.75) is 6.92 Å². The van der Waals surface area contributed by atoms with E-state index in [9.17, 15) is 4.79 Å². The molecule has 0 aromatic heterocycles. The van der Waals surface area contributed by atoms with E-state index in [4.69, 9.17) is 19.2 Å². The zero-order chi connectivity index (χ0) is 22.7. The number of carbonyl (C=O) groups excluding carboxylic acids is 1. The highest BCUT2D eigenvalue weighted by molar-refractivity contribution is 6.33. The summed E-state index contributed by atoms with van der Waals surface area (Å²) in [7, 11) is 4.78. The van der Waals surface area contributed by atoms with Gasteiger partial charge in [0.25, 0.3) is 5.91 Å². The molecule has 0 saturated heterocycles. The minimum Gasteiger partial charge on any atom is -0.497 e. The van der Waals surface area contributed by atoms with Crippen molar-refractivity contribution in [2.24, 2.45) is 4.99 Å². The van der Waals surface area contributed by atoms with Crippen molar-refractivity contribution in [2.75, 3.05) is 26.2 Å². The molecule has 1 aliphatic rings. The van der Waals surface area contributed by atoms with Gasteiger partial charge in [-0.3, -0.25) is 9.69 Å². The second kappa shape index (κ2) is 8.98. The van der Waals surface area contributed by atoms with Gasteiger partial charge in [-0.25, -0.2) is 4.99 Å². The van der Waals surface area contributed by atoms with E-state index in [1.54, 1.807) is 38.4 Å². The van der Waals surface area contributed by atoms with Gasteiger partial charge in [-0.1, -0.05) is 24.3 Å². The zero-order valence-electron chi connectivity index (χ0n) is 18.5. The number of amidine groups is 1. The molecule has 4 rings (SSSR count). The lowest BCUT2D eigenvalue weighted by Crippen LogP contribution is -2.32. The van der Waals surface area contributed by atoms with Crippen LogP contribution < -0.4 is 19.1 Å². The average Bonchev–Trinajstić information content (AvgIpc) is 3.14. The summed E-state index contributed by atoms with van der Waals surface area (Å²) in [6.07, 6.45) is 1.73. The van der Waals surface area contributed by atoms with Crippen molar-refractivity contribution in [3.8, 4) is 17.2 Å². The molecular weight excluding hydrogens is 404 g/mol. The maximum Gasteiger partial charge on any atom is 0.282 e. The smallest absolute Gasteiger partial charge is 0.282 e. The Kier molecular flexibility index (Phi) is 5.94. The summed E-state index contributed by atoms with van der Waals surface area (Å²) in [5.41, 5.74) is 3.55. The molecule has 1 aliphatic heterocycles. The van der Waals surface area contributed by atoms with E-state index in [2.05, 4.69) is 0 Å². The van der Waals surface area contributed by atoms with E-state index in [-0.39, 0.29) is 5.91 Å². The van der Waals surface area contributed by atoms with Crippen LogP contribution in [0.15, 0.2) is 77.4 Å². The van der Waals surface area contributed by atoms with Crippen molar-refractivity contribution in [1.29, 1.82) is 0 Å². The number of para-hydroxylation sites is 1. The summed E-state index contributed by atoms with van der Waals surface area (Å²) in [6, 6.07) is 20.7. The first kappa shape index (κ1) is 21.2. The third-order valence-corrected chi connectivity index (χ3v) is 5.20. The number of aliphatic imine (C=N–C) groups is 1. The van der Waals surface area contributed by atoms with E-state index in [0.29, 0.717) is 28.8 Å². The quantitative estimate of drug-likeness (QED) is 0.527. The van der Waals surface area contributed by atoms with Crippen LogP contribution in [0.4, 0.5) is 5.69 Å². The Bertz CT molecular complexity index is 1230. The number of aryl methyl sites for hydroxylation is 1.